The molecule has 4 heteroatoms. The minimum Gasteiger partial charge on any atom is -0.491 e. The molecule has 178 valence electrons. The van der Waals surface area contributed by atoms with Crippen LogP contribution in [-0.4, -0.2) is 12.8 Å². The van der Waals surface area contributed by atoms with Crippen LogP contribution in [0.25, 0.3) is 9.81 Å². The molecule has 2 aromatic rings. The molecule has 1 heterocycles. The van der Waals surface area contributed by atoms with Crippen molar-refractivity contribution >= 4 is 31.4 Å². The molecule has 1 aliphatic heterocycles. The van der Waals surface area contributed by atoms with Gasteiger partial charge < -0.3 is 4.74 Å². The fourth-order valence-corrected chi connectivity index (χ4v) is 6.12. The molecule has 0 aliphatic carbocycles. The lowest BCUT2D eigenvalue weighted by molar-refractivity contribution is 0.184. The van der Waals surface area contributed by atoms with Crippen LogP contribution < -0.4 is 4.74 Å². The van der Waals surface area contributed by atoms with E-state index in [0.717, 1.165) is 24.2 Å². The van der Waals surface area contributed by atoms with E-state index >= 15 is 0 Å². The zero-order chi connectivity index (χ0) is 23.3. The summed E-state index contributed by atoms with van der Waals surface area (Å²) in [5.41, 5.74) is 3.87. The van der Waals surface area contributed by atoms with Crippen LogP contribution in [0.4, 0.5) is 4.39 Å². The first-order valence-electron chi connectivity index (χ1n) is 12.4. The zero-order valence-electron chi connectivity index (χ0n) is 20.0. The van der Waals surface area contributed by atoms with Gasteiger partial charge in [-0.25, -0.2) is 4.39 Å². The SMILES string of the molecule is CCCCCC[C@H](F)COc1ccc(C2=CC=C(c3ccc(CCCCC)cc3)SS2)cc1. The summed E-state index contributed by atoms with van der Waals surface area (Å²) in [6.45, 7) is 4.56. The number of benzene rings is 2. The predicted molar refractivity (Wildman–Crippen MR) is 146 cm³/mol. The summed E-state index contributed by atoms with van der Waals surface area (Å²) >= 11 is 0. The van der Waals surface area contributed by atoms with E-state index in [-0.39, 0.29) is 6.61 Å². The van der Waals surface area contributed by atoms with E-state index in [9.17, 15) is 4.39 Å². The molecule has 0 N–H and O–H groups in total. The maximum atomic E-state index is 14.0. The third-order valence-corrected chi connectivity index (χ3v) is 8.37. The molecule has 2 aromatic carbocycles. The van der Waals surface area contributed by atoms with Crippen LogP contribution in [0.5, 0.6) is 5.75 Å². The molecule has 0 saturated carbocycles. The van der Waals surface area contributed by atoms with E-state index in [4.69, 9.17) is 4.74 Å². The first-order valence-corrected chi connectivity index (χ1v) is 14.6. The van der Waals surface area contributed by atoms with E-state index in [2.05, 4.69) is 62.4 Å². The summed E-state index contributed by atoms with van der Waals surface area (Å²) in [5, 5.41) is 0. The normalized spacial score (nSPS) is 14.5. The first-order chi connectivity index (χ1) is 16.2. The highest BCUT2D eigenvalue weighted by molar-refractivity contribution is 8.83. The molecule has 0 aromatic heterocycles. The van der Waals surface area contributed by atoms with Crippen molar-refractivity contribution in [2.75, 3.05) is 6.61 Å². The molecule has 0 amide bonds. The highest BCUT2D eigenvalue weighted by Crippen LogP contribution is 2.48. The van der Waals surface area contributed by atoms with Crippen molar-refractivity contribution in [1.82, 2.24) is 0 Å². The van der Waals surface area contributed by atoms with Crippen LogP contribution in [0, 0.1) is 0 Å². The molecular weight excluding hydrogens is 447 g/mol. The number of hydrogen-bond acceptors (Lipinski definition) is 3. The molecule has 0 radical (unpaired) electrons. The summed E-state index contributed by atoms with van der Waals surface area (Å²) in [4.78, 5) is 2.52. The molecule has 1 atom stereocenters. The highest BCUT2D eigenvalue weighted by atomic mass is 33.1. The van der Waals surface area contributed by atoms with Crippen LogP contribution in [0.1, 0.15) is 81.9 Å². The number of hydrogen-bond donors (Lipinski definition) is 0. The molecule has 33 heavy (non-hydrogen) atoms. The van der Waals surface area contributed by atoms with Gasteiger partial charge in [-0.3, -0.25) is 0 Å². The van der Waals surface area contributed by atoms with Crippen molar-refractivity contribution in [3.8, 4) is 5.75 Å². The van der Waals surface area contributed by atoms with Crippen LogP contribution in [-0.2, 0) is 6.42 Å². The quantitative estimate of drug-likeness (QED) is 0.195. The lowest BCUT2D eigenvalue weighted by Crippen LogP contribution is -2.12. The van der Waals surface area contributed by atoms with E-state index < -0.39 is 6.17 Å². The van der Waals surface area contributed by atoms with Crippen LogP contribution in [0.15, 0.2) is 60.7 Å². The maximum Gasteiger partial charge on any atom is 0.134 e. The van der Waals surface area contributed by atoms with Gasteiger partial charge in [-0.1, -0.05) is 110 Å². The predicted octanol–water partition coefficient (Wildman–Crippen LogP) is 9.88. The van der Waals surface area contributed by atoms with Gasteiger partial charge in [-0.05, 0) is 60.2 Å². The fourth-order valence-electron chi connectivity index (χ4n) is 3.78. The third kappa shape index (κ3) is 8.90. The molecule has 1 nitrogen and oxygen atoms in total. The number of rotatable bonds is 14. The van der Waals surface area contributed by atoms with Crippen molar-refractivity contribution in [3.63, 3.8) is 0 Å². The van der Waals surface area contributed by atoms with E-state index in [0.29, 0.717) is 6.42 Å². The highest BCUT2D eigenvalue weighted by Gasteiger charge is 2.13. The second-order valence-electron chi connectivity index (χ2n) is 8.66. The van der Waals surface area contributed by atoms with Gasteiger partial charge in [0.15, 0.2) is 0 Å². The van der Waals surface area contributed by atoms with Gasteiger partial charge in [0, 0.05) is 9.81 Å². The number of halogens is 1. The molecule has 0 bridgehead atoms. The first kappa shape index (κ1) is 26.0. The Kier molecular flexibility index (Phi) is 11.5. The molecule has 3 rings (SSSR count). The standard InChI is InChI=1S/C29H37FOS2/c1-3-5-7-9-11-26(30)22-31-27-18-16-25(17-19-27)29-21-20-28(32-33-29)24-14-12-23(13-15-24)10-8-6-4-2/h12-21,26H,3-11,22H2,1-2H3/t26-/m0/s1. The topological polar surface area (TPSA) is 9.23 Å². The van der Waals surface area contributed by atoms with Crippen molar-refractivity contribution in [3.05, 3.63) is 77.4 Å². The lowest BCUT2D eigenvalue weighted by Gasteiger charge is -2.15. The van der Waals surface area contributed by atoms with Crippen molar-refractivity contribution < 1.29 is 9.13 Å². The van der Waals surface area contributed by atoms with Crippen LogP contribution >= 0.6 is 21.6 Å². The Balaban J connectivity index is 1.49. The van der Waals surface area contributed by atoms with E-state index in [1.165, 1.54) is 59.5 Å². The summed E-state index contributed by atoms with van der Waals surface area (Å²) in [6.07, 6.45) is 13.5. The number of aryl methyl sites for hydroxylation is 1. The molecule has 0 unspecified atom stereocenters. The second kappa shape index (κ2) is 14.6. The summed E-state index contributed by atoms with van der Waals surface area (Å²) < 4.78 is 19.7. The Hall–Kier alpha value is -1.65. The molecule has 0 fully saturated rings. The molecule has 0 spiro atoms. The lowest BCUT2D eigenvalue weighted by atomic mass is 10.0. The number of unbranched alkanes of at least 4 members (excludes halogenated alkanes) is 5. The van der Waals surface area contributed by atoms with Gasteiger partial charge >= 0.3 is 0 Å². The van der Waals surface area contributed by atoms with E-state index in [1.54, 1.807) is 21.6 Å². The van der Waals surface area contributed by atoms with Gasteiger partial charge in [0.1, 0.15) is 18.5 Å². The molecule has 0 saturated heterocycles. The summed E-state index contributed by atoms with van der Waals surface area (Å²) in [7, 11) is 3.59. The van der Waals surface area contributed by atoms with Crippen LogP contribution in [0.3, 0.4) is 0 Å². The Morgan fingerprint density at radius 3 is 1.88 bits per heavy atom. The Bertz CT molecular complexity index is 887. The minimum absolute atomic E-state index is 0.141. The van der Waals surface area contributed by atoms with E-state index in [1.807, 2.05) is 12.1 Å². The molecular formula is C29H37FOS2. The Morgan fingerprint density at radius 2 is 1.30 bits per heavy atom. The molecule has 1 aliphatic rings. The average Bonchev–Trinajstić information content (AvgIpc) is 2.86. The van der Waals surface area contributed by atoms with Gasteiger partial charge in [-0.15, -0.1) is 0 Å². The third-order valence-electron chi connectivity index (χ3n) is 5.86. The van der Waals surface area contributed by atoms with Gasteiger partial charge in [0.25, 0.3) is 0 Å². The van der Waals surface area contributed by atoms with Gasteiger partial charge in [0.05, 0.1) is 0 Å². The summed E-state index contributed by atoms with van der Waals surface area (Å²) in [6, 6.07) is 17.0. The minimum atomic E-state index is -0.886. The monoisotopic (exact) mass is 484 g/mol. The maximum absolute atomic E-state index is 14.0. The zero-order valence-corrected chi connectivity index (χ0v) is 21.7. The van der Waals surface area contributed by atoms with Crippen LogP contribution in [0.2, 0.25) is 0 Å². The smallest absolute Gasteiger partial charge is 0.134 e. The van der Waals surface area contributed by atoms with Gasteiger partial charge in [-0.2, -0.15) is 0 Å². The number of ether oxygens (including phenoxy) is 1. The number of allylic oxidation sites excluding steroid dienone is 2. The summed E-state index contributed by atoms with van der Waals surface area (Å²) in [5.74, 6) is 0.735. The largest absolute Gasteiger partial charge is 0.491 e. The Labute approximate surface area is 207 Å². The average molecular weight is 485 g/mol. The second-order valence-corrected chi connectivity index (χ2v) is 10.9. The Morgan fingerprint density at radius 1 is 0.727 bits per heavy atom. The van der Waals surface area contributed by atoms with Crippen molar-refractivity contribution in [2.45, 2.75) is 77.8 Å². The fraction of sp³-hybridized carbons (Fsp3) is 0.448. The van der Waals surface area contributed by atoms with Gasteiger partial charge in [0.2, 0.25) is 0 Å². The number of alkyl halides is 1. The van der Waals surface area contributed by atoms with Crippen molar-refractivity contribution in [2.24, 2.45) is 0 Å². The van der Waals surface area contributed by atoms with Crippen molar-refractivity contribution in [1.29, 1.82) is 0 Å².